The molecule has 1 rings (SSSR count). The van der Waals surface area contributed by atoms with E-state index in [1.165, 1.54) is 6.42 Å². The number of hydrogen-bond donors (Lipinski definition) is 0. The van der Waals surface area contributed by atoms with Crippen LogP contribution in [0.3, 0.4) is 0 Å². The first-order valence-corrected chi connectivity index (χ1v) is 7.55. The molecule has 2 heteroatoms. The van der Waals surface area contributed by atoms with Crippen LogP contribution in [0.15, 0.2) is 0 Å². The fourth-order valence-corrected chi connectivity index (χ4v) is 3.56. The van der Waals surface area contributed by atoms with Gasteiger partial charge in [-0.2, -0.15) is 0 Å². The smallest absolute Gasteiger partial charge is 0.164 e. The van der Waals surface area contributed by atoms with Gasteiger partial charge in [-0.05, 0) is 37.5 Å². The highest BCUT2D eigenvalue weighted by atomic mass is 16.5. The van der Waals surface area contributed by atoms with E-state index in [0.717, 1.165) is 25.7 Å². The summed E-state index contributed by atoms with van der Waals surface area (Å²) in [7, 11) is 0. The van der Waals surface area contributed by atoms with Crippen molar-refractivity contribution in [3.05, 3.63) is 0 Å². The van der Waals surface area contributed by atoms with Gasteiger partial charge in [0, 0.05) is 13.0 Å². The van der Waals surface area contributed by atoms with Crippen molar-refractivity contribution in [1.29, 1.82) is 0 Å². The summed E-state index contributed by atoms with van der Waals surface area (Å²) >= 11 is 0. The molecular formula is C16H30O2. The van der Waals surface area contributed by atoms with E-state index in [1.807, 2.05) is 6.92 Å². The van der Waals surface area contributed by atoms with Gasteiger partial charge in [0.15, 0.2) is 5.78 Å². The molecule has 0 radical (unpaired) electrons. The van der Waals surface area contributed by atoms with Crippen molar-refractivity contribution >= 4 is 5.78 Å². The first-order valence-electron chi connectivity index (χ1n) is 7.55. The van der Waals surface area contributed by atoms with Crippen molar-refractivity contribution in [3.8, 4) is 0 Å². The summed E-state index contributed by atoms with van der Waals surface area (Å²) in [4.78, 5) is 12.6. The second-order valence-electron chi connectivity index (χ2n) is 6.66. The fourth-order valence-electron chi connectivity index (χ4n) is 3.56. The predicted octanol–water partition coefficient (Wildman–Crippen LogP) is 4.37. The van der Waals surface area contributed by atoms with Crippen molar-refractivity contribution in [3.63, 3.8) is 0 Å². The molecule has 1 aliphatic rings. The lowest BCUT2D eigenvalue weighted by Crippen LogP contribution is -2.54. The van der Waals surface area contributed by atoms with Crippen LogP contribution in [0.1, 0.15) is 73.1 Å². The van der Waals surface area contributed by atoms with E-state index in [0.29, 0.717) is 24.7 Å². The van der Waals surface area contributed by atoms with E-state index in [4.69, 9.17) is 4.74 Å². The highest BCUT2D eigenvalue weighted by molar-refractivity contribution is 5.88. The van der Waals surface area contributed by atoms with Crippen LogP contribution < -0.4 is 0 Å². The maximum atomic E-state index is 12.6. The summed E-state index contributed by atoms with van der Waals surface area (Å²) in [6.07, 6.45) is 5.98. The van der Waals surface area contributed by atoms with Crippen molar-refractivity contribution in [2.24, 2.45) is 11.3 Å². The van der Waals surface area contributed by atoms with E-state index in [2.05, 4.69) is 27.7 Å². The van der Waals surface area contributed by atoms with Crippen LogP contribution in [0.5, 0.6) is 0 Å². The van der Waals surface area contributed by atoms with Crippen LogP contribution in [0.25, 0.3) is 0 Å². The molecule has 0 spiro atoms. The molecule has 1 aliphatic carbocycles. The zero-order valence-electron chi connectivity index (χ0n) is 12.8. The van der Waals surface area contributed by atoms with Crippen LogP contribution in [-0.4, -0.2) is 18.0 Å². The first kappa shape index (κ1) is 15.7. The maximum Gasteiger partial charge on any atom is 0.164 e. The third-order valence-corrected chi connectivity index (χ3v) is 4.25. The van der Waals surface area contributed by atoms with Gasteiger partial charge in [0.25, 0.3) is 0 Å². The van der Waals surface area contributed by atoms with Gasteiger partial charge in [0.2, 0.25) is 0 Å². The van der Waals surface area contributed by atoms with Crippen LogP contribution >= 0.6 is 0 Å². The lowest BCUT2D eigenvalue weighted by Gasteiger charge is -2.48. The average molecular weight is 254 g/mol. The summed E-state index contributed by atoms with van der Waals surface area (Å²) in [5.74, 6) is 0.698. The van der Waals surface area contributed by atoms with E-state index in [9.17, 15) is 4.79 Å². The van der Waals surface area contributed by atoms with Crippen molar-refractivity contribution in [2.75, 3.05) is 6.61 Å². The number of carbonyl (C=O) groups is 1. The molecule has 106 valence electrons. The molecule has 2 nitrogen and oxygen atoms in total. The number of ether oxygens (including phenoxy) is 1. The summed E-state index contributed by atoms with van der Waals surface area (Å²) in [5.41, 5.74) is -0.361. The molecule has 18 heavy (non-hydrogen) atoms. The number of hydrogen-bond acceptors (Lipinski definition) is 2. The van der Waals surface area contributed by atoms with Gasteiger partial charge in [-0.3, -0.25) is 4.79 Å². The second kappa shape index (κ2) is 6.18. The Morgan fingerprint density at radius 2 is 1.94 bits per heavy atom. The maximum absolute atomic E-state index is 12.6. The molecule has 0 aromatic carbocycles. The minimum Gasteiger partial charge on any atom is -0.367 e. The Kier molecular flexibility index (Phi) is 5.39. The molecular weight excluding hydrogens is 224 g/mol. The molecule has 0 aromatic rings. The minimum atomic E-state index is -0.499. The Balaban J connectivity index is 3.06. The van der Waals surface area contributed by atoms with E-state index < -0.39 is 5.60 Å². The quantitative estimate of drug-likeness (QED) is 0.728. The standard InChI is InChI=1S/C16H30O2/c1-6-10-14(17)16(18-7-2)12-9-8-11-13(16)15(3,4)5/h13H,6-12H2,1-5H3. The molecule has 1 saturated carbocycles. The molecule has 0 heterocycles. The molecule has 1 fully saturated rings. The zero-order valence-corrected chi connectivity index (χ0v) is 12.8. The minimum absolute atomic E-state index is 0.138. The van der Waals surface area contributed by atoms with Crippen LogP contribution in [0, 0.1) is 11.3 Å². The molecule has 0 aliphatic heterocycles. The van der Waals surface area contributed by atoms with Crippen LogP contribution in [0.4, 0.5) is 0 Å². The third-order valence-electron chi connectivity index (χ3n) is 4.25. The molecule has 2 unspecified atom stereocenters. The Bertz CT molecular complexity index is 273. The Morgan fingerprint density at radius 3 is 2.44 bits per heavy atom. The number of rotatable bonds is 5. The summed E-state index contributed by atoms with van der Waals surface area (Å²) < 4.78 is 6.07. The number of ketones is 1. The topological polar surface area (TPSA) is 26.3 Å². The molecule has 0 aromatic heterocycles. The summed E-state index contributed by atoms with van der Waals surface area (Å²) in [5, 5.41) is 0. The van der Waals surface area contributed by atoms with E-state index in [-0.39, 0.29) is 5.41 Å². The molecule has 0 N–H and O–H groups in total. The largest absolute Gasteiger partial charge is 0.367 e. The Morgan fingerprint density at radius 1 is 1.28 bits per heavy atom. The molecule has 2 atom stereocenters. The van der Waals surface area contributed by atoms with Crippen molar-refractivity contribution in [1.82, 2.24) is 0 Å². The average Bonchev–Trinajstić information content (AvgIpc) is 2.29. The number of carbonyl (C=O) groups excluding carboxylic acids is 1. The Labute approximate surface area is 112 Å². The van der Waals surface area contributed by atoms with Gasteiger partial charge >= 0.3 is 0 Å². The number of Topliss-reactive ketones (excluding diaryl/α,β-unsaturated/α-hetero) is 1. The van der Waals surface area contributed by atoms with Gasteiger partial charge in [-0.25, -0.2) is 0 Å². The normalized spacial score (nSPS) is 29.3. The third kappa shape index (κ3) is 3.14. The van der Waals surface area contributed by atoms with E-state index >= 15 is 0 Å². The van der Waals surface area contributed by atoms with Crippen molar-refractivity contribution in [2.45, 2.75) is 78.7 Å². The lowest BCUT2D eigenvalue weighted by molar-refractivity contribution is -0.168. The highest BCUT2D eigenvalue weighted by Crippen LogP contribution is 2.47. The molecule has 0 amide bonds. The zero-order chi connectivity index (χ0) is 13.8. The van der Waals surface area contributed by atoms with E-state index in [1.54, 1.807) is 0 Å². The fraction of sp³-hybridized carbons (Fsp3) is 0.938. The lowest BCUT2D eigenvalue weighted by atomic mass is 9.62. The van der Waals surface area contributed by atoms with Gasteiger partial charge in [-0.1, -0.05) is 40.5 Å². The van der Waals surface area contributed by atoms with Gasteiger partial charge in [0.1, 0.15) is 5.60 Å². The van der Waals surface area contributed by atoms with Gasteiger partial charge in [0.05, 0.1) is 0 Å². The molecule has 0 saturated heterocycles. The Hall–Kier alpha value is -0.370. The highest BCUT2D eigenvalue weighted by Gasteiger charge is 2.51. The van der Waals surface area contributed by atoms with Crippen LogP contribution in [-0.2, 0) is 9.53 Å². The first-order chi connectivity index (χ1) is 8.38. The van der Waals surface area contributed by atoms with Crippen molar-refractivity contribution < 1.29 is 9.53 Å². The second-order valence-corrected chi connectivity index (χ2v) is 6.66. The van der Waals surface area contributed by atoms with Crippen LogP contribution in [0.2, 0.25) is 0 Å². The monoisotopic (exact) mass is 254 g/mol. The summed E-state index contributed by atoms with van der Waals surface area (Å²) in [6, 6.07) is 0. The SMILES string of the molecule is CCCC(=O)C1(OCC)CCCCC1C(C)(C)C. The van der Waals surface area contributed by atoms with Gasteiger partial charge in [-0.15, -0.1) is 0 Å². The summed E-state index contributed by atoms with van der Waals surface area (Å²) in [6.45, 7) is 11.5. The van der Waals surface area contributed by atoms with Gasteiger partial charge < -0.3 is 4.74 Å². The molecule has 0 bridgehead atoms. The predicted molar refractivity (Wildman–Crippen MR) is 75.7 cm³/mol.